The minimum atomic E-state index is -0.763. The molecule has 1 aromatic carbocycles. The third-order valence-corrected chi connectivity index (χ3v) is 2.10. The average molecular weight is 164 g/mol. The highest BCUT2D eigenvalue weighted by Gasteiger charge is 2.31. The molecule has 2 rings (SSSR count). The highest BCUT2D eigenvalue weighted by Crippen LogP contribution is 2.29. The smallest absolute Gasteiger partial charge is 0.176 e. The molecule has 0 aliphatic heterocycles. The monoisotopic (exact) mass is 164 g/mol. The summed E-state index contributed by atoms with van der Waals surface area (Å²) in [5, 5.41) is 8.46. The number of benzene rings is 1. The van der Waals surface area contributed by atoms with Crippen LogP contribution in [0.3, 0.4) is 0 Å². The fraction of sp³-hybridized carbons (Fsp3) is 0.222. The second-order valence-electron chi connectivity index (χ2n) is 2.83. The van der Waals surface area contributed by atoms with E-state index in [0.29, 0.717) is 6.42 Å². The van der Waals surface area contributed by atoms with Gasteiger partial charge in [-0.15, -0.1) is 0 Å². The fourth-order valence-electron chi connectivity index (χ4n) is 1.52. The van der Waals surface area contributed by atoms with E-state index in [-0.39, 0.29) is 5.78 Å². The summed E-state index contributed by atoms with van der Waals surface area (Å²) < 4.78 is 0. The number of rotatable bonds is 1. The molecule has 1 aromatic rings. The van der Waals surface area contributed by atoms with E-state index in [4.69, 9.17) is 5.26 Å². The minimum absolute atomic E-state index is 0.0845. The van der Waals surface area contributed by atoms with Crippen LogP contribution in [-0.4, -0.2) is 11.0 Å². The van der Waals surface area contributed by atoms with Gasteiger partial charge in [0, 0.05) is 6.42 Å². The molecule has 62 valence electrons. The van der Waals surface area contributed by atoms with Crippen molar-refractivity contribution in [1.29, 1.82) is 0 Å². The molecule has 0 bridgehead atoms. The summed E-state index contributed by atoms with van der Waals surface area (Å²) in [6.45, 7) is 0. The molecule has 12 heavy (non-hydrogen) atoms. The van der Waals surface area contributed by atoms with E-state index in [1.54, 1.807) is 6.07 Å². The van der Waals surface area contributed by atoms with Gasteiger partial charge in [-0.05, 0) is 11.1 Å². The highest BCUT2D eigenvalue weighted by molar-refractivity contribution is 5.91. The molecule has 1 N–H and O–H groups in total. The first kappa shape index (κ1) is 7.46. The summed E-state index contributed by atoms with van der Waals surface area (Å²) in [7, 11) is 0. The van der Waals surface area contributed by atoms with Crippen molar-refractivity contribution in [1.82, 2.24) is 0 Å². The van der Waals surface area contributed by atoms with Gasteiger partial charge >= 0.3 is 0 Å². The Hall–Kier alpha value is -1.19. The van der Waals surface area contributed by atoms with Crippen LogP contribution in [0.15, 0.2) is 24.3 Å². The molecule has 0 saturated heterocycles. The van der Waals surface area contributed by atoms with Crippen molar-refractivity contribution in [2.24, 2.45) is 0 Å². The summed E-state index contributed by atoms with van der Waals surface area (Å²) in [4.78, 5) is 15.3. The Morgan fingerprint density at radius 2 is 2.17 bits per heavy atom. The molecule has 3 heteroatoms. The van der Waals surface area contributed by atoms with Crippen LogP contribution in [0.25, 0.3) is 0 Å². The Morgan fingerprint density at radius 3 is 2.92 bits per heavy atom. The molecule has 0 saturated carbocycles. The number of ketones is 1. The van der Waals surface area contributed by atoms with Crippen LogP contribution >= 0.6 is 0 Å². The maximum atomic E-state index is 11.2. The standard InChI is InChI=1S/C9H8O3/c10-8-5-6-3-1-2-4-7(6)9(8)12-11/h1-4,9,11H,5H2. The van der Waals surface area contributed by atoms with Gasteiger partial charge in [0.2, 0.25) is 0 Å². The second kappa shape index (κ2) is 2.69. The molecule has 1 unspecified atom stereocenters. The summed E-state index contributed by atoms with van der Waals surface area (Å²) in [6, 6.07) is 7.35. The molecule has 1 aliphatic rings. The van der Waals surface area contributed by atoms with Gasteiger partial charge < -0.3 is 0 Å². The van der Waals surface area contributed by atoms with Crippen molar-refractivity contribution < 1.29 is 14.9 Å². The topological polar surface area (TPSA) is 46.5 Å². The fourth-order valence-corrected chi connectivity index (χ4v) is 1.52. The van der Waals surface area contributed by atoms with E-state index >= 15 is 0 Å². The van der Waals surface area contributed by atoms with Gasteiger partial charge in [-0.25, -0.2) is 4.89 Å². The maximum absolute atomic E-state index is 11.2. The van der Waals surface area contributed by atoms with Gasteiger partial charge in [-0.2, -0.15) is 0 Å². The van der Waals surface area contributed by atoms with Gasteiger partial charge in [0.1, 0.15) is 0 Å². The van der Waals surface area contributed by atoms with Gasteiger partial charge in [-0.1, -0.05) is 24.3 Å². The van der Waals surface area contributed by atoms with E-state index in [0.717, 1.165) is 11.1 Å². The van der Waals surface area contributed by atoms with Crippen LogP contribution in [0.4, 0.5) is 0 Å². The molecule has 1 atom stereocenters. The summed E-state index contributed by atoms with van der Waals surface area (Å²) >= 11 is 0. The van der Waals surface area contributed by atoms with Gasteiger partial charge in [0.25, 0.3) is 0 Å². The summed E-state index contributed by atoms with van der Waals surface area (Å²) in [6.07, 6.45) is -0.400. The first-order chi connectivity index (χ1) is 5.83. The van der Waals surface area contributed by atoms with Crippen LogP contribution in [-0.2, 0) is 16.1 Å². The first-order valence-corrected chi connectivity index (χ1v) is 3.73. The maximum Gasteiger partial charge on any atom is 0.176 e. The second-order valence-corrected chi connectivity index (χ2v) is 2.83. The predicted molar refractivity (Wildman–Crippen MR) is 41.6 cm³/mol. The average Bonchev–Trinajstić information content (AvgIpc) is 2.40. The lowest BCUT2D eigenvalue weighted by atomic mass is 10.1. The lowest BCUT2D eigenvalue weighted by molar-refractivity contribution is -0.272. The lowest BCUT2D eigenvalue weighted by Gasteiger charge is -2.03. The van der Waals surface area contributed by atoms with Crippen molar-refractivity contribution in [3.8, 4) is 0 Å². The SMILES string of the molecule is O=C1Cc2ccccc2C1OO. The number of carbonyl (C=O) groups is 1. The summed E-state index contributed by atoms with van der Waals surface area (Å²) in [5.41, 5.74) is 1.73. The molecule has 1 aliphatic carbocycles. The zero-order chi connectivity index (χ0) is 8.55. The molecule has 0 amide bonds. The van der Waals surface area contributed by atoms with E-state index < -0.39 is 6.10 Å². The quantitative estimate of drug-likeness (QED) is 0.503. The third-order valence-electron chi connectivity index (χ3n) is 2.10. The largest absolute Gasteiger partial charge is 0.296 e. The van der Waals surface area contributed by atoms with Crippen molar-refractivity contribution in [3.05, 3.63) is 35.4 Å². The van der Waals surface area contributed by atoms with E-state index in [9.17, 15) is 4.79 Å². The molecular formula is C9H8O3. The van der Waals surface area contributed by atoms with E-state index in [1.807, 2.05) is 18.2 Å². The number of hydrogen-bond donors (Lipinski definition) is 1. The number of Topliss-reactive ketones (excluding diaryl/α,β-unsaturated/α-hetero) is 1. The number of fused-ring (bicyclic) bond motifs is 1. The zero-order valence-electron chi connectivity index (χ0n) is 6.36. The van der Waals surface area contributed by atoms with E-state index in [1.165, 1.54) is 0 Å². The molecule has 3 nitrogen and oxygen atoms in total. The third kappa shape index (κ3) is 0.948. The zero-order valence-corrected chi connectivity index (χ0v) is 6.36. The van der Waals surface area contributed by atoms with Gasteiger partial charge in [0.05, 0.1) is 0 Å². The summed E-state index contributed by atoms with van der Waals surface area (Å²) in [5.74, 6) is -0.0845. The Labute approximate surface area is 69.5 Å². The van der Waals surface area contributed by atoms with Crippen molar-refractivity contribution in [2.75, 3.05) is 0 Å². The molecule has 0 radical (unpaired) electrons. The van der Waals surface area contributed by atoms with Crippen LogP contribution in [0.5, 0.6) is 0 Å². The highest BCUT2D eigenvalue weighted by atomic mass is 17.1. The van der Waals surface area contributed by atoms with Crippen molar-refractivity contribution in [3.63, 3.8) is 0 Å². The Kier molecular flexibility index (Phi) is 1.67. The predicted octanol–water partition coefficient (Wildman–Crippen LogP) is 1.34. The van der Waals surface area contributed by atoms with Crippen LogP contribution in [0.2, 0.25) is 0 Å². The van der Waals surface area contributed by atoms with Crippen molar-refractivity contribution in [2.45, 2.75) is 12.5 Å². The Balaban J connectivity index is 2.47. The minimum Gasteiger partial charge on any atom is -0.296 e. The van der Waals surface area contributed by atoms with E-state index in [2.05, 4.69) is 4.89 Å². The molecule has 0 aromatic heterocycles. The Morgan fingerprint density at radius 1 is 1.42 bits per heavy atom. The van der Waals surface area contributed by atoms with Gasteiger partial charge in [0.15, 0.2) is 11.9 Å². The van der Waals surface area contributed by atoms with Crippen molar-refractivity contribution >= 4 is 5.78 Å². The van der Waals surface area contributed by atoms with Crippen LogP contribution in [0, 0.1) is 0 Å². The van der Waals surface area contributed by atoms with Crippen LogP contribution in [0.1, 0.15) is 17.2 Å². The van der Waals surface area contributed by atoms with Crippen LogP contribution < -0.4 is 0 Å². The van der Waals surface area contributed by atoms with Gasteiger partial charge in [-0.3, -0.25) is 10.1 Å². The molecule has 0 heterocycles. The molecule has 0 fully saturated rings. The molecule has 0 spiro atoms. The molecular weight excluding hydrogens is 156 g/mol. The Bertz CT molecular complexity index is 319. The number of hydrogen-bond acceptors (Lipinski definition) is 3. The number of carbonyl (C=O) groups excluding carboxylic acids is 1. The first-order valence-electron chi connectivity index (χ1n) is 3.73. The lowest BCUT2D eigenvalue weighted by Crippen LogP contribution is -2.07. The normalized spacial score (nSPS) is 21.1.